The molecule has 2 heterocycles. The molecule has 9 nitrogen and oxygen atoms in total. The average Bonchev–Trinajstić information content (AvgIpc) is 3.24. The van der Waals surface area contributed by atoms with E-state index >= 15 is 0 Å². The lowest BCUT2D eigenvalue weighted by Gasteiger charge is -2.32. The van der Waals surface area contributed by atoms with Crippen molar-refractivity contribution in [3.05, 3.63) is 58.1 Å². The number of hydrogen-bond acceptors (Lipinski definition) is 7. The number of carboxylic acids is 1. The molecule has 9 heteroatoms. The quantitative estimate of drug-likeness (QED) is 0.495. The van der Waals surface area contributed by atoms with Crippen LogP contribution >= 0.6 is 0 Å². The van der Waals surface area contributed by atoms with Crippen molar-refractivity contribution in [3.8, 4) is 11.5 Å². The van der Waals surface area contributed by atoms with Crippen molar-refractivity contribution in [3.63, 3.8) is 0 Å². The molecule has 1 atom stereocenters. The van der Waals surface area contributed by atoms with Crippen molar-refractivity contribution in [1.29, 1.82) is 0 Å². The number of fused-ring (bicyclic) bond motifs is 1. The highest BCUT2D eigenvalue weighted by molar-refractivity contribution is 5.97. The van der Waals surface area contributed by atoms with E-state index in [0.29, 0.717) is 18.7 Å². The summed E-state index contributed by atoms with van der Waals surface area (Å²) in [6, 6.07) is 9.42. The number of carbonyl (C=O) groups excluding carboxylic acids is 1. The van der Waals surface area contributed by atoms with Crippen LogP contribution in [-0.2, 0) is 24.4 Å². The van der Waals surface area contributed by atoms with Crippen LogP contribution in [0, 0.1) is 0 Å². The lowest BCUT2D eigenvalue weighted by atomic mass is 9.98. The molecule has 4 N–H and O–H groups in total. The highest BCUT2D eigenvalue weighted by Gasteiger charge is 2.27. The van der Waals surface area contributed by atoms with E-state index in [2.05, 4.69) is 35.0 Å². The van der Waals surface area contributed by atoms with Gasteiger partial charge in [-0.1, -0.05) is 32.0 Å². The molecule has 1 amide bonds. The van der Waals surface area contributed by atoms with Crippen LogP contribution in [0.25, 0.3) is 0 Å². The molecule has 1 saturated heterocycles. The van der Waals surface area contributed by atoms with Crippen molar-refractivity contribution < 1.29 is 30.0 Å². The van der Waals surface area contributed by atoms with Gasteiger partial charge < -0.3 is 30.2 Å². The molecule has 2 aliphatic heterocycles. The lowest BCUT2D eigenvalue weighted by molar-refractivity contribution is -0.145. The van der Waals surface area contributed by atoms with E-state index < -0.39 is 12.1 Å². The molecule has 0 aromatic heterocycles. The first-order chi connectivity index (χ1) is 17.0. The summed E-state index contributed by atoms with van der Waals surface area (Å²) in [7, 11) is 2.16. The van der Waals surface area contributed by atoms with Gasteiger partial charge in [-0.3, -0.25) is 9.69 Å². The summed E-state index contributed by atoms with van der Waals surface area (Å²) in [5.41, 5.74) is 4.54. The van der Waals surface area contributed by atoms with E-state index in [1.54, 1.807) is 11.0 Å². The fourth-order valence-corrected chi connectivity index (χ4v) is 4.35. The number of aliphatic carboxylic acids is 1. The third-order valence-corrected chi connectivity index (χ3v) is 6.64. The number of hydrogen-bond donors (Lipinski definition) is 4. The van der Waals surface area contributed by atoms with Gasteiger partial charge in [-0.2, -0.15) is 0 Å². The number of rotatable bonds is 5. The number of carboxylic acid groups (broad SMARTS) is 1. The Bertz CT molecular complexity index is 1090. The first-order valence-corrected chi connectivity index (χ1v) is 12.2. The van der Waals surface area contributed by atoms with E-state index in [-0.39, 0.29) is 28.9 Å². The van der Waals surface area contributed by atoms with Crippen molar-refractivity contribution >= 4 is 11.9 Å². The molecular weight excluding hydrogens is 462 g/mol. The predicted molar refractivity (Wildman–Crippen MR) is 136 cm³/mol. The van der Waals surface area contributed by atoms with E-state index in [0.717, 1.165) is 38.3 Å². The van der Waals surface area contributed by atoms with E-state index in [4.69, 9.17) is 10.2 Å². The standard InChI is InChI=1S/C24H31N3O3.C3H6O3/c1-16(2)20-11-21(23(29)12-22(20)28)24(30)27-14-18-5-4-17(10-19(18)15-27)13-26-8-6-25(3)7-9-26;1-2(4)3(5)6/h4-5,10-12,16,28-29H,6-9,13-15H2,1-3H3;2,4H,1H3,(H,5,6). The topological polar surface area (TPSA) is 125 Å². The van der Waals surface area contributed by atoms with Gasteiger partial charge in [-0.25, -0.2) is 4.79 Å². The van der Waals surface area contributed by atoms with Gasteiger partial charge in [0, 0.05) is 51.9 Å². The fourth-order valence-electron chi connectivity index (χ4n) is 4.35. The summed E-state index contributed by atoms with van der Waals surface area (Å²) in [5, 5.41) is 36.1. The molecule has 1 fully saturated rings. The number of aromatic hydroxyl groups is 2. The second-order valence-electron chi connectivity index (χ2n) is 9.94. The number of likely N-dealkylation sites (N-methyl/N-ethyl adjacent to an activating group) is 1. The molecule has 0 radical (unpaired) electrons. The van der Waals surface area contributed by atoms with Gasteiger partial charge in [-0.15, -0.1) is 0 Å². The summed E-state index contributed by atoms with van der Waals surface area (Å²) in [5.74, 6) is -1.47. The third-order valence-electron chi connectivity index (χ3n) is 6.64. The first kappa shape index (κ1) is 27.4. The van der Waals surface area contributed by atoms with Crippen molar-refractivity contribution in [2.24, 2.45) is 0 Å². The first-order valence-electron chi connectivity index (χ1n) is 12.2. The zero-order valence-electron chi connectivity index (χ0n) is 21.4. The second kappa shape index (κ2) is 11.7. The van der Waals surface area contributed by atoms with E-state index in [9.17, 15) is 19.8 Å². The van der Waals surface area contributed by atoms with Gasteiger partial charge in [-0.05, 0) is 48.2 Å². The molecule has 0 spiro atoms. The number of phenols is 2. The van der Waals surface area contributed by atoms with Crippen LogP contribution in [-0.4, -0.2) is 86.3 Å². The van der Waals surface area contributed by atoms with Crippen molar-refractivity contribution in [2.75, 3.05) is 33.2 Å². The summed E-state index contributed by atoms with van der Waals surface area (Å²) in [4.78, 5) is 29.2. The average molecular weight is 500 g/mol. The molecule has 1 unspecified atom stereocenters. The fraction of sp³-hybridized carbons (Fsp3) is 0.481. The van der Waals surface area contributed by atoms with Gasteiger partial charge in [0.2, 0.25) is 0 Å². The highest BCUT2D eigenvalue weighted by atomic mass is 16.4. The summed E-state index contributed by atoms with van der Waals surface area (Å²) < 4.78 is 0. The van der Waals surface area contributed by atoms with Crippen molar-refractivity contribution in [1.82, 2.24) is 14.7 Å². The van der Waals surface area contributed by atoms with Crippen molar-refractivity contribution in [2.45, 2.75) is 52.4 Å². The Hall–Kier alpha value is -3.14. The number of carbonyl (C=O) groups is 2. The maximum atomic E-state index is 13.1. The van der Waals surface area contributed by atoms with Gasteiger partial charge in [0.25, 0.3) is 5.91 Å². The molecule has 196 valence electrons. The van der Waals surface area contributed by atoms with Gasteiger partial charge in [0.15, 0.2) is 0 Å². The molecule has 36 heavy (non-hydrogen) atoms. The Morgan fingerprint density at radius 3 is 2.11 bits per heavy atom. The SMILES string of the molecule is CC(C)c1cc(C(=O)N2Cc3ccc(CN4CCN(C)CC4)cc3C2)c(O)cc1O.CC(O)C(=O)O. The minimum absolute atomic E-state index is 0.0253. The smallest absolute Gasteiger partial charge is 0.332 e. The summed E-state index contributed by atoms with van der Waals surface area (Å²) in [6.45, 7) is 11.5. The molecule has 2 aromatic rings. The molecule has 0 bridgehead atoms. The second-order valence-corrected chi connectivity index (χ2v) is 9.94. The van der Waals surface area contributed by atoms with E-state index in [1.165, 1.54) is 24.1 Å². The van der Waals surface area contributed by atoms with E-state index in [1.807, 2.05) is 13.8 Å². The Balaban J connectivity index is 0.000000538. The maximum absolute atomic E-state index is 13.1. The van der Waals surface area contributed by atoms with Gasteiger partial charge in [0.1, 0.15) is 17.6 Å². The minimum Gasteiger partial charge on any atom is -0.508 e. The number of amides is 1. The van der Waals surface area contributed by atoms with Crippen LogP contribution in [0.4, 0.5) is 0 Å². The number of phenolic OH excluding ortho intramolecular Hbond substituents is 2. The number of benzene rings is 2. The highest BCUT2D eigenvalue weighted by Crippen LogP contribution is 2.34. The molecule has 0 aliphatic carbocycles. The number of aliphatic hydroxyl groups is 1. The monoisotopic (exact) mass is 499 g/mol. The Morgan fingerprint density at radius 1 is 0.917 bits per heavy atom. The van der Waals surface area contributed by atoms with Crippen LogP contribution in [0.1, 0.15) is 59.3 Å². The van der Waals surface area contributed by atoms with Gasteiger partial charge >= 0.3 is 5.97 Å². The summed E-state index contributed by atoms with van der Waals surface area (Å²) in [6.07, 6.45) is -1.23. The third kappa shape index (κ3) is 6.75. The Morgan fingerprint density at radius 2 is 1.53 bits per heavy atom. The van der Waals surface area contributed by atoms with Crippen LogP contribution in [0.5, 0.6) is 11.5 Å². The summed E-state index contributed by atoms with van der Waals surface area (Å²) >= 11 is 0. The molecule has 2 aromatic carbocycles. The number of aliphatic hydroxyl groups excluding tert-OH is 1. The zero-order chi connectivity index (χ0) is 26.6. The van der Waals surface area contributed by atoms with Crippen LogP contribution in [0.3, 0.4) is 0 Å². The molecule has 0 saturated carbocycles. The Kier molecular flexibility index (Phi) is 8.94. The maximum Gasteiger partial charge on any atom is 0.332 e. The lowest BCUT2D eigenvalue weighted by Crippen LogP contribution is -2.43. The number of piperazine rings is 1. The molecular formula is C27H37N3O6. The zero-order valence-corrected chi connectivity index (χ0v) is 21.4. The normalized spacial score (nSPS) is 16.9. The van der Waals surface area contributed by atoms with Crippen LogP contribution in [0.15, 0.2) is 30.3 Å². The predicted octanol–water partition coefficient (Wildman–Crippen LogP) is 2.58. The largest absolute Gasteiger partial charge is 0.508 e. The number of nitrogens with zero attached hydrogens (tertiary/aromatic N) is 3. The molecule has 4 rings (SSSR count). The van der Waals surface area contributed by atoms with Crippen LogP contribution < -0.4 is 0 Å². The minimum atomic E-state index is -1.23. The Labute approximate surface area is 212 Å². The molecule has 2 aliphatic rings. The van der Waals surface area contributed by atoms with Crippen LogP contribution in [0.2, 0.25) is 0 Å². The van der Waals surface area contributed by atoms with Gasteiger partial charge in [0.05, 0.1) is 5.56 Å².